The van der Waals surface area contributed by atoms with E-state index in [9.17, 15) is 4.79 Å². The molecule has 3 nitrogen and oxygen atoms in total. The predicted octanol–water partition coefficient (Wildman–Crippen LogP) is 1.36. The van der Waals surface area contributed by atoms with Gasteiger partial charge >= 0.3 is 0 Å². The molecule has 1 heterocycles. The maximum Gasteiger partial charge on any atom is 0.246 e. The molecule has 1 rings (SSSR count). The molecule has 1 aliphatic heterocycles. The molecular formula is C12H22N2O. The number of carbonyl (C=O) groups is 1. The van der Waals surface area contributed by atoms with Gasteiger partial charge in [-0.2, -0.15) is 0 Å². The number of rotatable bonds is 2. The van der Waals surface area contributed by atoms with Gasteiger partial charge in [0.2, 0.25) is 5.91 Å². The molecule has 1 amide bonds. The third-order valence-electron chi connectivity index (χ3n) is 2.56. The first-order valence-corrected chi connectivity index (χ1v) is 5.56. The Balaban J connectivity index is 2.36. The van der Waals surface area contributed by atoms with Crippen LogP contribution in [0.1, 0.15) is 20.8 Å². The number of amides is 1. The van der Waals surface area contributed by atoms with Gasteiger partial charge in [0.1, 0.15) is 0 Å². The Kier molecular flexibility index (Phi) is 3.91. The summed E-state index contributed by atoms with van der Waals surface area (Å²) >= 11 is 0. The van der Waals surface area contributed by atoms with Crippen LogP contribution in [0.25, 0.3) is 0 Å². The number of nitrogens with zero attached hydrogens (tertiary/aromatic N) is 2. The average molecular weight is 210 g/mol. The summed E-state index contributed by atoms with van der Waals surface area (Å²) in [5.41, 5.74) is 0.338. The van der Waals surface area contributed by atoms with Crippen molar-refractivity contribution in [3.05, 3.63) is 12.7 Å². The number of carbonyl (C=O) groups excluding carboxylic acids is 1. The monoisotopic (exact) mass is 210 g/mol. The summed E-state index contributed by atoms with van der Waals surface area (Å²) in [5, 5.41) is 0. The van der Waals surface area contributed by atoms with Gasteiger partial charge in [-0.3, -0.25) is 9.69 Å². The normalized spacial score (nSPS) is 19.0. The second-order valence-corrected chi connectivity index (χ2v) is 5.37. The zero-order valence-corrected chi connectivity index (χ0v) is 10.1. The number of piperazine rings is 1. The van der Waals surface area contributed by atoms with Gasteiger partial charge in [0, 0.05) is 32.7 Å². The maximum absolute atomic E-state index is 11.3. The van der Waals surface area contributed by atoms with E-state index in [-0.39, 0.29) is 5.91 Å². The van der Waals surface area contributed by atoms with E-state index in [1.165, 1.54) is 6.08 Å². The van der Waals surface area contributed by atoms with Crippen LogP contribution >= 0.6 is 0 Å². The van der Waals surface area contributed by atoms with Crippen molar-refractivity contribution in [1.29, 1.82) is 0 Å². The van der Waals surface area contributed by atoms with Gasteiger partial charge in [0.15, 0.2) is 0 Å². The molecule has 15 heavy (non-hydrogen) atoms. The van der Waals surface area contributed by atoms with E-state index in [0.717, 1.165) is 32.7 Å². The van der Waals surface area contributed by atoms with Crippen molar-refractivity contribution < 1.29 is 4.79 Å². The summed E-state index contributed by atoms with van der Waals surface area (Å²) in [6.07, 6.45) is 1.40. The molecule has 0 atom stereocenters. The lowest BCUT2D eigenvalue weighted by Gasteiger charge is -2.37. The van der Waals surface area contributed by atoms with Crippen LogP contribution in [0.15, 0.2) is 12.7 Å². The van der Waals surface area contributed by atoms with Gasteiger partial charge in [0.05, 0.1) is 0 Å². The Morgan fingerprint density at radius 3 is 2.20 bits per heavy atom. The summed E-state index contributed by atoms with van der Waals surface area (Å²) in [4.78, 5) is 15.6. The molecule has 1 saturated heterocycles. The molecule has 0 bridgehead atoms. The van der Waals surface area contributed by atoms with Crippen molar-refractivity contribution in [3.63, 3.8) is 0 Å². The van der Waals surface area contributed by atoms with Crippen LogP contribution in [-0.4, -0.2) is 48.4 Å². The Morgan fingerprint density at radius 1 is 1.27 bits per heavy atom. The van der Waals surface area contributed by atoms with Crippen molar-refractivity contribution in [2.75, 3.05) is 32.7 Å². The molecule has 0 aromatic carbocycles. The topological polar surface area (TPSA) is 23.6 Å². The molecule has 0 aliphatic carbocycles. The molecule has 0 unspecified atom stereocenters. The highest BCUT2D eigenvalue weighted by molar-refractivity contribution is 5.87. The van der Waals surface area contributed by atoms with Gasteiger partial charge in [-0.25, -0.2) is 0 Å². The lowest BCUT2D eigenvalue weighted by molar-refractivity contribution is -0.127. The highest BCUT2D eigenvalue weighted by atomic mass is 16.2. The van der Waals surface area contributed by atoms with E-state index < -0.39 is 0 Å². The Labute approximate surface area is 92.7 Å². The Bertz CT molecular complexity index is 234. The highest BCUT2D eigenvalue weighted by Gasteiger charge is 2.22. The van der Waals surface area contributed by atoms with Crippen molar-refractivity contribution in [3.8, 4) is 0 Å². The predicted molar refractivity (Wildman–Crippen MR) is 62.7 cm³/mol. The van der Waals surface area contributed by atoms with Gasteiger partial charge in [-0.05, 0) is 11.5 Å². The quantitative estimate of drug-likeness (QED) is 0.643. The lowest BCUT2D eigenvalue weighted by atomic mass is 9.96. The van der Waals surface area contributed by atoms with Crippen LogP contribution in [0.2, 0.25) is 0 Å². The second-order valence-electron chi connectivity index (χ2n) is 5.37. The van der Waals surface area contributed by atoms with E-state index >= 15 is 0 Å². The van der Waals surface area contributed by atoms with E-state index in [4.69, 9.17) is 0 Å². The van der Waals surface area contributed by atoms with Gasteiger partial charge in [0.25, 0.3) is 0 Å². The summed E-state index contributed by atoms with van der Waals surface area (Å²) in [6.45, 7) is 15.0. The zero-order valence-electron chi connectivity index (χ0n) is 10.1. The number of hydrogen-bond donors (Lipinski definition) is 0. The van der Waals surface area contributed by atoms with Crippen LogP contribution < -0.4 is 0 Å². The third-order valence-corrected chi connectivity index (χ3v) is 2.56. The molecule has 1 aliphatic rings. The maximum atomic E-state index is 11.3. The van der Waals surface area contributed by atoms with Crippen LogP contribution in [0.5, 0.6) is 0 Å². The summed E-state index contributed by atoms with van der Waals surface area (Å²) in [5.74, 6) is 0.0606. The fourth-order valence-electron chi connectivity index (χ4n) is 1.93. The first-order chi connectivity index (χ1) is 6.92. The molecule has 0 aromatic rings. The first-order valence-electron chi connectivity index (χ1n) is 5.56. The SMILES string of the molecule is C=CC(=O)N1CCN(CC(C)(C)C)CC1. The fourth-order valence-corrected chi connectivity index (χ4v) is 1.93. The van der Waals surface area contributed by atoms with Crippen molar-refractivity contribution in [2.24, 2.45) is 5.41 Å². The molecule has 0 N–H and O–H groups in total. The van der Waals surface area contributed by atoms with Crippen LogP contribution in [0, 0.1) is 5.41 Å². The molecule has 1 fully saturated rings. The minimum atomic E-state index is 0.0606. The second kappa shape index (κ2) is 4.79. The Morgan fingerprint density at radius 2 is 1.80 bits per heavy atom. The van der Waals surface area contributed by atoms with Crippen LogP contribution in [-0.2, 0) is 4.79 Å². The highest BCUT2D eigenvalue weighted by Crippen LogP contribution is 2.16. The van der Waals surface area contributed by atoms with E-state index in [1.54, 1.807) is 0 Å². The summed E-state index contributed by atoms with van der Waals surface area (Å²) < 4.78 is 0. The largest absolute Gasteiger partial charge is 0.337 e. The smallest absolute Gasteiger partial charge is 0.246 e. The van der Waals surface area contributed by atoms with Crippen molar-refractivity contribution in [2.45, 2.75) is 20.8 Å². The lowest BCUT2D eigenvalue weighted by Crippen LogP contribution is -2.50. The van der Waals surface area contributed by atoms with E-state index in [2.05, 4.69) is 32.3 Å². The molecule has 0 radical (unpaired) electrons. The van der Waals surface area contributed by atoms with Crippen molar-refractivity contribution in [1.82, 2.24) is 9.80 Å². The van der Waals surface area contributed by atoms with Gasteiger partial charge < -0.3 is 4.90 Å². The van der Waals surface area contributed by atoms with Crippen LogP contribution in [0.3, 0.4) is 0 Å². The van der Waals surface area contributed by atoms with Crippen LogP contribution in [0.4, 0.5) is 0 Å². The van der Waals surface area contributed by atoms with Crippen molar-refractivity contribution >= 4 is 5.91 Å². The van der Waals surface area contributed by atoms with E-state index in [0.29, 0.717) is 5.41 Å². The molecular weight excluding hydrogens is 188 g/mol. The number of hydrogen-bond acceptors (Lipinski definition) is 2. The first kappa shape index (κ1) is 12.2. The molecule has 3 heteroatoms. The molecule has 0 aromatic heterocycles. The average Bonchev–Trinajstić information content (AvgIpc) is 2.15. The summed E-state index contributed by atoms with van der Waals surface area (Å²) in [7, 11) is 0. The van der Waals surface area contributed by atoms with Gasteiger partial charge in [-0.15, -0.1) is 0 Å². The standard InChI is InChI=1S/C12H22N2O/c1-5-11(15)14-8-6-13(7-9-14)10-12(2,3)4/h5H,1,6-10H2,2-4H3. The Hall–Kier alpha value is -0.830. The summed E-state index contributed by atoms with van der Waals surface area (Å²) in [6, 6.07) is 0. The third kappa shape index (κ3) is 4.04. The zero-order chi connectivity index (χ0) is 11.5. The van der Waals surface area contributed by atoms with E-state index in [1.807, 2.05) is 4.90 Å². The minimum absolute atomic E-state index is 0.0606. The fraction of sp³-hybridized carbons (Fsp3) is 0.750. The van der Waals surface area contributed by atoms with Gasteiger partial charge in [-0.1, -0.05) is 27.4 Å². The minimum Gasteiger partial charge on any atom is -0.337 e. The molecule has 0 spiro atoms. The molecule has 0 saturated carbocycles. The molecule has 86 valence electrons.